The zero-order chi connectivity index (χ0) is 21.9. The molecule has 0 aliphatic carbocycles. The number of carbonyl (C=O) groups is 1. The number of fused-ring (bicyclic) bond motifs is 2. The molecule has 0 atom stereocenters. The molecule has 0 spiro atoms. The molecule has 8 heteroatoms. The van der Waals surface area contributed by atoms with Crippen LogP contribution in [0.2, 0.25) is 0 Å². The molecule has 3 aromatic heterocycles. The van der Waals surface area contributed by atoms with Crippen LogP contribution in [0.25, 0.3) is 21.8 Å². The Hall–Kier alpha value is -4.46. The van der Waals surface area contributed by atoms with Crippen LogP contribution < -0.4 is 10.9 Å². The molecule has 0 bridgehead atoms. The summed E-state index contributed by atoms with van der Waals surface area (Å²) in [5, 5.41) is 8.60. The van der Waals surface area contributed by atoms with E-state index in [1.165, 1.54) is 10.9 Å². The third kappa shape index (κ3) is 3.81. The highest BCUT2D eigenvalue weighted by atomic mass is 16.2. The number of nitrogens with zero attached hydrogens (tertiary/aromatic N) is 5. The Morgan fingerprint density at radius 1 is 0.875 bits per heavy atom. The number of benzene rings is 2. The number of aromatic nitrogens is 5. The van der Waals surface area contributed by atoms with E-state index in [9.17, 15) is 9.59 Å². The van der Waals surface area contributed by atoms with E-state index in [-0.39, 0.29) is 30.2 Å². The topological polar surface area (TPSA) is 103 Å². The Morgan fingerprint density at radius 3 is 2.44 bits per heavy atom. The van der Waals surface area contributed by atoms with Gasteiger partial charge in [0.2, 0.25) is 0 Å². The monoisotopic (exact) mass is 422 g/mol. The van der Waals surface area contributed by atoms with Gasteiger partial charge in [0.25, 0.3) is 11.5 Å². The van der Waals surface area contributed by atoms with Crippen LogP contribution in [-0.4, -0.2) is 30.6 Å². The molecule has 0 fully saturated rings. The van der Waals surface area contributed by atoms with E-state index < -0.39 is 0 Å². The predicted molar refractivity (Wildman–Crippen MR) is 120 cm³/mol. The van der Waals surface area contributed by atoms with E-state index in [0.29, 0.717) is 22.0 Å². The van der Waals surface area contributed by atoms with Gasteiger partial charge in [0.05, 0.1) is 47.1 Å². The first-order valence-electron chi connectivity index (χ1n) is 10.1. The van der Waals surface area contributed by atoms with Gasteiger partial charge in [-0.25, -0.2) is 9.67 Å². The van der Waals surface area contributed by atoms with Crippen molar-refractivity contribution in [3.05, 3.63) is 107 Å². The van der Waals surface area contributed by atoms with Crippen molar-refractivity contribution in [3.8, 4) is 0 Å². The molecule has 32 heavy (non-hydrogen) atoms. The van der Waals surface area contributed by atoms with Crippen molar-refractivity contribution in [2.75, 3.05) is 0 Å². The number of amides is 1. The van der Waals surface area contributed by atoms with Gasteiger partial charge in [0, 0.05) is 11.6 Å². The van der Waals surface area contributed by atoms with E-state index in [4.69, 9.17) is 0 Å². The minimum absolute atomic E-state index is 0.135. The lowest BCUT2D eigenvalue weighted by Gasteiger charge is -2.12. The number of hydrogen-bond acceptors (Lipinski definition) is 6. The minimum atomic E-state index is -0.364. The Balaban J connectivity index is 1.45. The maximum atomic E-state index is 12.9. The lowest BCUT2D eigenvalue weighted by atomic mass is 10.1. The molecule has 1 N–H and O–H groups in total. The van der Waals surface area contributed by atoms with Crippen molar-refractivity contribution in [1.82, 2.24) is 30.0 Å². The number of hydrogen-bond donors (Lipinski definition) is 1. The first-order chi connectivity index (χ1) is 15.7. The van der Waals surface area contributed by atoms with Gasteiger partial charge in [-0.15, -0.1) is 0 Å². The highest BCUT2D eigenvalue weighted by Gasteiger charge is 2.14. The van der Waals surface area contributed by atoms with Crippen LogP contribution in [-0.2, 0) is 13.1 Å². The molecule has 5 aromatic rings. The molecule has 8 nitrogen and oxygen atoms in total. The maximum absolute atomic E-state index is 12.9. The Kier molecular flexibility index (Phi) is 5.09. The minimum Gasteiger partial charge on any atom is -0.345 e. The van der Waals surface area contributed by atoms with Crippen LogP contribution in [0.5, 0.6) is 0 Å². The van der Waals surface area contributed by atoms with Gasteiger partial charge in [0.15, 0.2) is 0 Å². The fourth-order valence-electron chi connectivity index (χ4n) is 3.51. The summed E-state index contributed by atoms with van der Waals surface area (Å²) in [6, 6.07) is 20.1. The van der Waals surface area contributed by atoms with Crippen LogP contribution in [0, 0.1) is 0 Å². The SMILES string of the molecule is O=C(NCc1nn(Cc2ccccn2)c(=O)c2ccccc12)c1cnc2ccccc2n1. The summed E-state index contributed by atoms with van der Waals surface area (Å²) in [4.78, 5) is 38.6. The number of rotatable bonds is 5. The molecule has 0 saturated heterocycles. The van der Waals surface area contributed by atoms with Gasteiger partial charge < -0.3 is 5.32 Å². The molecule has 0 aliphatic heterocycles. The van der Waals surface area contributed by atoms with Gasteiger partial charge >= 0.3 is 0 Å². The average molecular weight is 422 g/mol. The van der Waals surface area contributed by atoms with Crippen molar-refractivity contribution >= 4 is 27.7 Å². The molecule has 156 valence electrons. The van der Waals surface area contributed by atoms with E-state index in [0.717, 1.165) is 11.2 Å². The zero-order valence-electron chi connectivity index (χ0n) is 17.0. The highest BCUT2D eigenvalue weighted by molar-refractivity contribution is 5.94. The van der Waals surface area contributed by atoms with Crippen molar-refractivity contribution in [1.29, 1.82) is 0 Å². The van der Waals surface area contributed by atoms with Crippen LogP contribution in [0.3, 0.4) is 0 Å². The van der Waals surface area contributed by atoms with Crippen molar-refractivity contribution in [3.63, 3.8) is 0 Å². The molecule has 2 aromatic carbocycles. The largest absolute Gasteiger partial charge is 0.345 e. The molecule has 5 rings (SSSR count). The van der Waals surface area contributed by atoms with Crippen LogP contribution >= 0.6 is 0 Å². The van der Waals surface area contributed by atoms with Gasteiger partial charge in [0.1, 0.15) is 5.69 Å². The molecular formula is C24H18N6O2. The molecule has 0 radical (unpaired) electrons. The second-order valence-corrected chi connectivity index (χ2v) is 7.20. The van der Waals surface area contributed by atoms with Gasteiger partial charge in [-0.2, -0.15) is 5.10 Å². The van der Waals surface area contributed by atoms with Crippen LogP contribution in [0.15, 0.2) is 83.9 Å². The summed E-state index contributed by atoms with van der Waals surface area (Å²) in [5.74, 6) is -0.364. The van der Waals surface area contributed by atoms with Gasteiger partial charge in [-0.1, -0.05) is 36.4 Å². The summed E-state index contributed by atoms with van der Waals surface area (Å²) < 4.78 is 1.38. The summed E-state index contributed by atoms with van der Waals surface area (Å²) in [6.45, 7) is 0.373. The van der Waals surface area contributed by atoms with Crippen molar-refractivity contribution in [2.45, 2.75) is 13.1 Å². The van der Waals surface area contributed by atoms with Gasteiger partial charge in [-0.05, 0) is 30.3 Å². The standard InChI is InChI=1S/C24H18N6O2/c31-23(22-14-26-19-10-3-4-11-20(19)28-22)27-13-21-17-8-1-2-9-18(17)24(32)30(29-21)15-16-7-5-6-12-25-16/h1-12,14H,13,15H2,(H,27,31). The van der Waals surface area contributed by atoms with Crippen LogP contribution in [0.4, 0.5) is 0 Å². The lowest BCUT2D eigenvalue weighted by molar-refractivity contribution is 0.0945. The molecular weight excluding hydrogens is 404 g/mol. The molecule has 0 aliphatic rings. The smallest absolute Gasteiger partial charge is 0.275 e. The summed E-state index contributed by atoms with van der Waals surface area (Å²) >= 11 is 0. The predicted octanol–water partition coefficient (Wildman–Crippen LogP) is 2.71. The summed E-state index contributed by atoms with van der Waals surface area (Å²) in [5.41, 5.74) is 2.68. The zero-order valence-corrected chi connectivity index (χ0v) is 17.0. The third-order valence-electron chi connectivity index (χ3n) is 5.08. The quantitative estimate of drug-likeness (QED) is 0.467. The fraction of sp³-hybridized carbons (Fsp3) is 0.0833. The normalized spacial score (nSPS) is 11.0. The Bertz CT molecular complexity index is 1500. The molecule has 0 saturated carbocycles. The molecule has 0 unspecified atom stereocenters. The first-order valence-corrected chi connectivity index (χ1v) is 10.1. The number of para-hydroxylation sites is 2. The van der Waals surface area contributed by atoms with Crippen LogP contribution in [0.1, 0.15) is 21.9 Å². The van der Waals surface area contributed by atoms with Gasteiger partial charge in [-0.3, -0.25) is 19.6 Å². The number of pyridine rings is 1. The maximum Gasteiger partial charge on any atom is 0.275 e. The molecule has 1 amide bonds. The van der Waals surface area contributed by atoms with E-state index >= 15 is 0 Å². The molecule has 3 heterocycles. The fourth-order valence-corrected chi connectivity index (χ4v) is 3.51. The Morgan fingerprint density at radius 2 is 1.62 bits per heavy atom. The lowest BCUT2D eigenvalue weighted by Crippen LogP contribution is -2.29. The van der Waals surface area contributed by atoms with E-state index in [2.05, 4.69) is 25.4 Å². The average Bonchev–Trinajstić information content (AvgIpc) is 2.85. The number of nitrogens with one attached hydrogen (secondary N) is 1. The second kappa shape index (κ2) is 8.35. The third-order valence-corrected chi connectivity index (χ3v) is 5.08. The van der Waals surface area contributed by atoms with Crippen molar-refractivity contribution < 1.29 is 4.79 Å². The van der Waals surface area contributed by atoms with Crippen molar-refractivity contribution in [2.24, 2.45) is 0 Å². The van der Waals surface area contributed by atoms with E-state index in [1.807, 2.05) is 60.7 Å². The van der Waals surface area contributed by atoms with E-state index in [1.54, 1.807) is 12.3 Å². The summed E-state index contributed by atoms with van der Waals surface area (Å²) in [7, 11) is 0. The highest BCUT2D eigenvalue weighted by Crippen LogP contribution is 2.14. The first kappa shape index (κ1) is 19.5. The summed E-state index contributed by atoms with van der Waals surface area (Å²) in [6.07, 6.45) is 3.12. The Labute approximate surface area is 182 Å². The number of carbonyl (C=O) groups excluding carboxylic acids is 1. The second-order valence-electron chi connectivity index (χ2n) is 7.20.